The van der Waals surface area contributed by atoms with Gasteiger partial charge < -0.3 is 10.6 Å². The van der Waals surface area contributed by atoms with Gasteiger partial charge in [0.2, 0.25) is 17.6 Å². The maximum atomic E-state index is 12.3. The van der Waals surface area contributed by atoms with Gasteiger partial charge in [-0.05, 0) is 37.1 Å². The molecule has 27 heavy (non-hydrogen) atoms. The van der Waals surface area contributed by atoms with Gasteiger partial charge in [0, 0.05) is 29.3 Å². The Morgan fingerprint density at radius 2 is 2.07 bits per heavy atom. The molecule has 2 aromatic heterocycles. The lowest BCUT2D eigenvalue weighted by atomic mass is 10.1. The Labute approximate surface area is 161 Å². The molecule has 0 aliphatic rings. The number of carbonyl (C=O) groups excluding carboxylic acids is 2. The van der Waals surface area contributed by atoms with E-state index in [0.29, 0.717) is 28.6 Å². The number of hydrogen-bond donors (Lipinski definition) is 2. The lowest BCUT2D eigenvalue weighted by Gasteiger charge is -2.15. The summed E-state index contributed by atoms with van der Waals surface area (Å²) >= 11 is 6.05. The van der Waals surface area contributed by atoms with E-state index in [0.717, 1.165) is 5.56 Å². The van der Waals surface area contributed by atoms with Gasteiger partial charge >= 0.3 is 0 Å². The van der Waals surface area contributed by atoms with Crippen LogP contribution in [0.1, 0.15) is 37.1 Å². The summed E-state index contributed by atoms with van der Waals surface area (Å²) in [5, 5.41) is 6.14. The van der Waals surface area contributed by atoms with Crippen molar-refractivity contribution in [2.45, 2.75) is 32.7 Å². The molecule has 0 spiro atoms. The number of nitrogens with one attached hydrogen (secondary N) is 2. The van der Waals surface area contributed by atoms with Crippen molar-refractivity contribution in [3.63, 3.8) is 0 Å². The number of carbonyl (C=O) groups is 2. The number of aromatic nitrogens is 3. The predicted molar refractivity (Wildman–Crippen MR) is 104 cm³/mol. The quantitative estimate of drug-likeness (QED) is 0.637. The topological polar surface area (TPSA) is 88.4 Å². The second kappa shape index (κ2) is 8.18. The first-order valence-electron chi connectivity index (χ1n) is 8.62. The van der Waals surface area contributed by atoms with E-state index in [9.17, 15) is 9.59 Å². The molecule has 3 aromatic rings. The Morgan fingerprint density at radius 3 is 2.81 bits per heavy atom. The van der Waals surface area contributed by atoms with E-state index in [4.69, 9.17) is 11.6 Å². The van der Waals surface area contributed by atoms with E-state index in [2.05, 4.69) is 20.6 Å². The number of anilines is 1. The molecule has 140 valence electrons. The number of rotatable bonds is 6. The van der Waals surface area contributed by atoms with Crippen molar-refractivity contribution in [3.05, 3.63) is 59.1 Å². The molecule has 3 rings (SSSR count). The van der Waals surface area contributed by atoms with Crippen LogP contribution in [0, 0.1) is 6.92 Å². The fourth-order valence-electron chi connectivity index (χ4n) is 2.73. The van der Waals surface area contributed by atoms with Crippen LogP contribution in [0.5, 0.6) is 0 Å². The highest BCUT2D eigenvalue weighted by molar-refractivity contribution is 6.31. The average molecular weight is 386 g/mol. The first-order chi connectivity index (χ1) is 13.0. The van der Waals surface area contributed by atoms with Gasteiger partial charge in [0.05, 0.1) is 11.7 Å². The van der Waals surface area contributed by atoms with E-state index in [1.807, 2.05) is 26.2 Å². The molecule has 0 fully saturated rings. The standard InChI is InChI=1S/C19H20ClN5O2/c1-3-14(16-11-25-9-5-8-21-19(25)24-16)22-17(26)10-18(27)23-15-7-4-6-13(20)12(15)2/h4-9,11,14H,3,10H2,1-2H3,(H,22,26)(H,23,27). The number of benzene rings is 1. The third-order valence-electron chi connectivity index (χ3n) is 4.22. The molecule has 0 aliphatic heterocycles. The molecule has 1 atom stereocenters. The predicted octanol–water partition coefficient (Wildman–Crippen LogP) is 3.29. The van der Waals surface area contributed by atoms with Gasteiger partial charge in [-0.25, -0.2) is 9.97 Å². The van der Waals surface area contributed by atoms with Crippen LogP contribution in [0.15, 0.2) is 42.9 Å². The van der Waals surface area contributed by atoms with Crippen molar-refractivity contribution in [1.82, 2.24) is 19.7 Å². The molecular weight excluding hydrogens is 366 g/mol. The molecule has 0 radical (unpaired) electrons. The highest BCUT2D eigenvalue weighted by Gasteiger charge is 2.18. The maximum Gasteiger partial charge on any atom is 0.233 e. The van der Waals surface area contributed by atoms with Gasteiger partial charge in [0.15, 0.2) is 0 Å². The molecule has 2 N–H and O–H groups in total. The normalized spacial score (nSPS) is 12.0. The summed E-state index contributed by atoms with van der Waals surface area (Å²) in [5.74, 6) is -0.206. The maximum absolute atomic E-state index is 12.3. The van der Waals surface area contributed by atoms with E-state index >= 15 is 0 Å². The van der Waals surface area contributed by atoms with Crippen LogP contribution in [0.25, 0.3) is 5.78 Å². The minimum absolute atomic E-state index is 0.284. The number of imidazole rings is 1. The van der Waals surface area contributed by atoms with Crippen LogP contribution in [0.2, 0.25) is 5.02 Å². The van der Waals surface area contributed by atoms with E-state index in [1.54, 1.807) is 34.9 Å². The molecular formula is C19H20ClN5O2. The minimum atomic E-state index is -0.399. The summed E-state index contributed by atoms with van der Waals surface area (Å²) < 4.78 is 1.79. The summed E-state index contributed by atoms with van der Waals surface area (Å²) in [7, 11) is 0. The van der Waals surface area contributed by atoms with Gasteiger partial charge in [-0.2, -0.15) is 0 Å². The van der Waals surface area contributed by atoms with Gasteiger partial charge in [-0.1, -0.05) is 24.6 Å². The van der Waals surface area contributed by atoms with E-state index in [1.165, 1.54) is 0 Å². The van der Waals surface area contributed by atoms with E-state index in [-0.39, 0.29) is 18.4 Å². The molecule has 0 saturated carbocycles. The highest BCUT2D eigenvalue weighted by Crippen LogP contribution is 2.23. The third-order valence-corrected chi connectivity index (χ3v) is 4.63. The zero-order chi connectivity index (χ0) is 19.4. The van der Waals surface area contributed by atoms with Crippen molar-refractivity contribution >= 4 is 34.9 Å². The van der Waals surface area contributed by atoms with Crippen LogP contribution >= 0.6 is 11.6 Å². The monoisotopic (exact) mass is 385 g/mol. The lowest BCUT2D eigenvalue weighted by Crippen LogP contribution is -2.31. The van der Waals surface area contributed by atoms with Gasteiger partial charge in [-0.15, -0.1) is 0 Å². The SMILES string of the molecule is CCC(NC(=O)CC(=O)Nc1cccc(Cl)c1C)c1cn2cccnc2n1. The molecule has 2 heterocycles. The Balaban J connectivity index is 1.63. The van der Waals surface area contributed by atoms with Crippen LogP contribution in [0.4, 0.5) is 5.69 Å². The smallest absolute Gasteiger partial charge is 0.233 e. The molecule has 1 unspecified atom stereocenters. The zero-order valence-electron chi connectivity index (χ0n) is 15.1. The average Bonchev–Trinajstić information content (AvgIpc) is 3.07. The number of halogens is 1. The Kier molecular flexibility index (Phi) is 5.71. The molecule has 1 aromatic carbocycles. The van der Waals surface area contributed by atoms with Crippen LogP contribution in [0.3, 0.4) is 0 Å². The molecule has 0 aliphatic carbocycles. The lowest BCUT2D eigenvalue weighted by molar-refractivity contribution is -0.127. The molecule has 2 amide bonds. The van der Waals surface area contributed by atoms with Gasteiger partial charge in [0.1, 0.15) is 6.42 Å². The van der Waals surface area contributed by atoms with Gasteiger partial charge in [0.25, 0.3) is 0 Å². The Bertz CT molecular complexity index is 952. The Hall–Kier alpha value is -2.93. The van der Waals surface area contributed by atoms with E-state index < -0.39 is 5.91 Å². The highest BCUT2D eigenvalue weighted by atomic mass is 35.5. The van der Waals surface area contributed by atoms with Crippen LogP contribution < -0.4 is 10.6 Å². The second-order valence-corrected chi connectivity index (χ2v) is 6.57. The minimum Gasteiger partial charge on any atom is -0.347 e. The number of nitrogens with zero attached hydrogens (tertiary/aromatic N) is 3. The van der Waals surface area contributed by atoms with Gasteiger partial charge in [-0.3, -0.25) is 14.0 Å². The fourth-order valence-corrected chi connectivity index (χ4v) is 2.90. The number of hydrogen-bond acceptors (Lipinski definition) is 4. The summed E-state index contributed by atoms with van der Waals surface area (Å²) in [6, 6.07) is 6.75. The summed E-state index contributed by atoms with van der Waals surface area (Å²) in [6.07, 6.45) is 5.69. The third kappa shape index (κ3) is 4.43. The largest absolute Gasteiger partial charge is 0.347 e. The van der Waals surface area contributed by atoms with Crippen molar-refractivity contribution in [1.29, 1.82) is 0 Å². The number of amides is 2. The summed E-state index contributed by atoms with van der Waals surface area (Å²) in [6.45, 7) is 3.75. The van der Waals surface area contributed by atoms with Crippen molar-refractivity contribution in [3.8, 4) is 0 Å². The summed E-state index contributed by atoms with van der Waals surface area (Å²) in [5.41, 5.74) is 2.06. The van der Waals surface area contributed by atoms with Crippen molar-refractivity contribution < 1.29 is 9.59 Å². The first kappa shape index (κ1) is 18.8. The number of fused-ring (bicyclic) bond motifs is 1. The molecule has 0 saturated heterocycles. The second-order valence-electron chi connectivity index (χ2n) is 6.16. The van der Waals surface area contributed by atoms with Crippen molar-refractivity contribution in [2.24, 2.45) is 0 Å². The van der Waals surface area contributed by atoms with Crippen LogP contribution in [-0.2, 0) is 9.59 Å². The molecule has 0 bridgehead atoms. The van der Waals surface area contributed by atoms with Crippen molar-refractivity contribution in [2.75, 3.05) is 5.32 Å². The fraction of sp³-hybridized carbons (Fsp3) is 0.263. The zero-order valence-corrected chi connectivity index (χ0v) is 15.8. The molecule has 8 heteroatoms. The summed E-state index contributed by atoms with van der Waals surface area (Å²) in [4.78, 5) is 33.1. The Morgan fingerprint density at radius 1 is 1.26 bits per heavy atom. The molecule has 7 nitrogen and oxygen atoms in total. The van der Waals surface area contributed by atoms with Crippen LogP contribution in [-0.4, -0.2) is 26.2 Å². The first-order valence-corrected chi connectivity index (χ1v) is 8.99.